The fourth-order valence-electron chi connectivity index (χ4n) is 4.42. The van der Waals surface area contributed by atoms with Crippen LogP contribution >= 0.6 is 0 Å². The number of carbonyl (C=O) groups excluding carboxylic acids is 4. The van der Waals surface area contributed by atoms with Crippen LogP contribution in [0.2, 0.25) is 0 Å². The molecule has 0 spiro atoms. The molecule has 1 heterocycles. The molecule has 1 N–H and O–H groups in total. The first kappa shape index (κ1) is 25.5. The molecule has 1 aliphatic heterocycles. The molecule has 1 aliphatic carbocycles. The zero-order valence-corrected chi connectivity index (χ0v) is 20.7. The summed E-state index contributed by atoms with van der Waals surface area (Å²) in [4.78, 5) is 54.4. The molecule has 0 saturated carbocycles. The highest BCUT2D eigenvalue weighted by molar-refractivity contribution is 6.05. The van der Waals surface area contributed by atoms with Crippen LogP contribution in [-0.2, 0) is 25.7 Å². The Morgan fingerprint density at radius 3 is 2.15 bits per heavy atom. The Balaban J connectivity index is 1.73. The summed E-state index contributed by atoms with van der Waals surface area (Å²) in [6.07, 6.45) is 4.97. The molecule has 1 aromatic rings. The Morgan fingerprint density at radius 1 is 1.09 bits per heavy atom. The van der Waals surface area contributed by atoms with E-state index in [9.17, 15) is 19.2 Å². The number of benzene rings is 1. The van der Waals surface area contributed by atoms with Gasteiger partial charge in [0.15, 0.2) is 0 Å². The monoisotopic (exact) mass is 469 g/mol. The normalized spacial score (nSPS) is 20.7. The molecule has 1 saturated heterocycles. The second kappa shape index (κ2) is 10.4. The van der Waals surface area contributed by atoms with E-state index in [1.807, 2.05) is 45.1 Å². The third-order valence-corrected chi connectivity index (χ3v) is 6.33. The van der Waals surface area contributed by atoms with Crippen LogP contribution in [0, 0.1) is 11.8 Å². The molecule has 0 aromatic heterocycles. The van der Waals surface area contributed by atoms with Crippen LogP contribution < -0.4 is 10.1 Å². The van der Waals surface area contributed by atoms with Gasteiger partial charge < -0.3 is 15.0 Å². The summed E-state index contributed by atoms with van der Waals surface area (Å²) in [5, 5.41) is 2.92. The Hall–Kier alpha value is -3.16. The lowest BCUT2D eigenvalue weighted by molar-refractivity contribution is -0.144. The number of fused-ring (bicyclic) bond motifs is 1. The van der Waals surface area contributed by atoms with E-state index in [0.29, 0.717) is 18.6 Å². The smallest absolute Gasteiger partial charge is 0.242 e. The van der Waals surface area contributed by atoms with E-state index in [-0.39, 0.29) is 55.0 Å². The third-order valence-electron chi connectivity index (χ3n) is 6.33. The van der Waals surface area contributed by atoms with Crippen molar-refractivity contribution in [3.05, 3.63) is 42.0 Å². The second-order valence-corrected chi connectivity index (χ2v) is 10.0. The summed E-state index contributed by atoms with van der Waals surface area (Å²) in [6, 6.07) is 6.56. The van der Waals surface area contributed by atoms with Crippen LogP contribution in [0.5, 0.6) is 5.75 Å². The molecule has 4 amide bonds. The fourth-order valence-corrected chi connectivity index (χ4v) is 4.42. The van der Waals surface area contributed by atoms with Crippen molar-refractivity contribution in [2.45, 2.75) is 65.1 Å². The third kappa shape index (κ3) is 5.85. The first-order chi connectivity index (χ1) is 16.0. The van der Waals surface area contributed by atoms with E-state index in [1.165, 1.54) is 9.80 Å². The minimum absolute atomic E-state index is 0.0240. The molecule has 8 heteroatoms. The molecule has 34 heavy (non-hydrogen) atoms. The van der Waals surface area contributed by atoms with Gasteiger partial charge >= 0.3 is 0 Å². The lowest BCUT2D eigenvalue weighted by Gasteiger charge is -2.32. The van der Waals surface area contributed by atoms with Gasteiger partial charge in [-0.15, -0.1) is 0 Å². The number of nitrogens with zero attached hydrogens (tertiary/aromatic N) is 2. The van der Waals surface area contributed by atoms with E-state index < -0.39 is 11.6 Å². The Bertz CT molecular complexity index is 938. The van der Waals surface area contributed by atoms with Gasteiger partial charge in [-0.25, -0.2) is 0 Å². The average Bonchev–Trinajstić information content (AvgIpc) is 3.04. The van der Waals surface area contributed by atoms with Gasteiger partial charge in [0.1, 0.15) is 11.8 Å². The number of rotatable bonds is 8. The van der Waals surface area contributed by atoms with Crippen LogP contribution in [0.3, 0.4) is 0 Å². The maximum Gasteiger partial charge on any atom is 0.242 e. The summed E-state index contributed by atoms with van der Waals surface area (Å²) in [5.41, 5.74) is 0.397. The molecule has 0 radical (unpaired) electrons. The minimum Gasteiger partial charge on any atom is -0.497 e. The number of methoxy groups -OCH3 is 1. The summed E-state index contributed by atoms with van der Waals surface area (Å²) in [6.45, 7) is 7.58. The maximum atomic E-state index is 13.3. The van der Waals surface area contributed by atoms with Crippen LogP contribution in [0.1, 0.15) is 52.5 Å². The predicted molar refractivity (Wildman–Crippen MR) is 128 cm³/mol. The summed E-state index contributed by atoms with van der Waals surface area (Å²) >= 11 is 0. The standard InChI is InChI=1S/C26H35N3O5/c1-17(23(31)27-26(2,3)4)29(16-18-10-12-19(34-5)13-11-18)22(30)14-15-28-24(32)20-8-6-7-9-21(20)25(28)33/h6-7,10-13,17,20-21H,8-9,14-16H2,1-5H3,(H,27,31)/t17-,20-,21+/m1/s1. The predicted octanol–water partition coefficient (Wildman–Crippen LogP) is 2.67. The highest BCUT2D eigenvalue weighted by atomic mass is 16.5. The van der Waals surface area contributed by atoms with Gasteiger partial charge in [0.2, 0.25) is 23.6 Å². The largest absolute Gasteiger partial charge is 0.497 e. The molecule has 1 fully saturated rings. The van der Waals surface area contributed by atoms with E-state index >= 15 is 0 Å². The Morgan fingerprint density at radius 2 is 1.65 bits per heavy atom. The molecule has 3 atom stereocenters. The highest BCUT2D eigenvalue weighted by Crippen LogP contribution is 2.35. The lowest BCUT2D eigenvalue weighted by atomic mass is 9.85. The van der Waals surface area contributed by atoms with Crippen molar-refractivity contribution in [1.82, 2.24) is 15.1 Å². The van der Waals surface area contributed by atoms with Crippen molar-refractivity contribution in [3.8, 4) is 5.75 Å². The van der Waals surface area contributed by atoms with Gasteiger partial charge in [-0.1, -0.05) is 24.3 Å². The van der Waals surface area contributed by atoms with Crippen LogP contribution in [-0.4, -0.2) is 58.7 Å². The molecular formula is C26H35N3O5. The summed E-state index contributed by atoms with van der Waals surface area (Å²) in [5.74, 6) is -0.901. The number of carbonyl (C=O) groups is 4. The topological polar surface area (TPSA) is 96.0 Å². The van der Waals surface area contributed by atoms with Crippen LogP contribution in [0.4, 0.5) is 0 Å². The number of imide groups is 1. The number of ether oxygens (including phenoxy) is 1. The molecule has 184 valence electrons. The van der Waals surface area contributed by atoms with Crippen LogP contribution in [0.15, 0.2) is 36.4 Å². The maximum absolute atomic E-state index is 13.3. The Kier molecular flexibility index (Phi) is 7.79. The van der Waals surface area contributed by atoms with Gasteiger partial charge in [0, 0.05) is 25.0 Å². The quantitative estimate of drug-likeness (QED) is 0.467. The van der Waals surface area contributed by atoms with Crippen LogP contribution in [0.25, 0.3) is 0 Å². The SMILES string of the molecule is COc1ccc(CN(C(=O)CCN2C(=O)[C@H]3CC=CC[C@H]3C2=O)[C@H](C)C(=O)NC(C)(C)C)cc1. The molecule has 8 nitrogen and oxygen atoms in total. The highest BCUT2D eigenvalue weighted by Gasteiger charge is 2.47. The summed E-state index contributed by atoms with van der Waals surface area (Å²) < 4.78 is 5.20. The number of allylic oxidation sites excluding steroid dienone is 2. The number of nitrogens with one attached hydrogen (secondary N) is 1. The number of hydrogen-bond acceptors (Lipinski definition) is 5. The molecular weight excluding hydrogens is 434 g/mol. The number of amides is 4. The van der Waals surface area contributed by atoms with Gasteiger partial charge in [-0.3, -0.25) is 24.1 Å². The van der Waals surface area contributed by atoms with Gasteiger partial charge in [0.05, 0.1) is 18.9 Å². The zero-order valence-electron chi connectivity index (χ0n) is 20.7. The van der Waals surface area contributed by atoms with Gasteiger partial charge in [0.25, 0.3) is 0 Å². The minimum atomic E-state index is -0.731. The van der Waals surface area contributed by atoms with Crippen molar-refractivity contribution in [3.63, 3.8) is 0 Å². The molecule has 0 unspecified atom stereocenters. The van der Waals surface area contributed by atoms with Crippen molar-refractivity contribution < 1.29 is 23.9 Å². The fraction of sp³-hybridized carbons (Fsp3) is 0.538. The average molecular weight is 470 g/mol. The Labute approximate surface area is 201 Å². The van der Waals surface area contributed by atoms with Crippen molar-refractivity contribution in [1.29, 1.82) is 0 Å². The van der Waals surface area contributed by atoms with E-state index in [2.05, 4.69) is 5.32 Å². The van der Waals surface area contributed by atoms with Crippen molar-refractivity contribution >= 4 is 23.6 Å². The molecule has 2 aliphatic rings. The first-order valence-electron chi connectivity index (χ1n) is 11.8. The van der Waals surface area contributed by atoms with E-state index in [0.717, 1.165) is 5.56 Å². The van der Waals surface area contributed by atoms with Crippen molar-refractivity contribution in [2.24, 2.45) is 11.8 Å². The second-order valence-electron chi connectivity index (χ2n) is 10.0. The number of hydrogen-bond donors (Lipinski definition) is 1. The summed E-state index contributed by atoms with van der Waals surface area (Å²) in [7, 11) is 1.58. The van der Waals surface area contributed by atoms with E-state index in [4.69, 9.17) is 4.74 Å². The molecule has 1 aromatic carbocycles. The first-order valence-corrected chi connectivity index (χ1v) is 11.8. The van der Waals surface area contributed by atoms with E-state index in [1.54, 1.807) is 26.2 Å². The lowest BCUT2D eigenvalue weighted by Crippen LogP contribution is -2.52. The number of likely N-dealkylation sites (tertiary alicyclic amines) is 1. The van der Waals surface area contributed by atoms with Gasteiger partial charge in [-0.2, -0.15) is 0 Å². The zero-order chi connectivity index (χ0) is 25.0. The molecule has 0 bridgehead atoms. The van der Waals surface area contributed by atoms with Crippen molar-refractivity contribution in [2.75, 3.05) is 13.7 Å². The molecule has 3 rings (SSSR count). The van der Waals surface area contributed by atoms with Gasteiger partial charge in [-0.05, 0) is 58.2 Å².